The van der Waals surface area contributed by atoms with Crippen molar-refractivity contribution in [3.8, 4) is 0 Å². The third-order valence-electron chi connectivity index (χ3n) is 2.77. The van der Waals surface area contributed by atoms with E-state index in [1.165, 1.54) is 18.5 Å². The van der Waals surface area contributed by atoms with Gasteiger partial charge in [-0.3, -0.25) is 5.41 Å². The molecule has 1 aromatic rings. The van der Waals surface area contributed by atoms with Gasteiger partial charge in [-0.1, -0.05) is 6.92 Å². The lowest BCUT2D eigenvalue weighted by Crippen LogP contribution is -2.17. The van der Waals surface area contributed by atoms with E-state index >= 15 is 0 Å². The van der Waals surface area contributed by atoms with Crippen LogP contribution >= 0.6 is 0 Å². The fraction of sp³-hybridized carbons (Fsp3) is 0.600. The zero-order chi connectivity index (χ0) is 10.1. The Kier molecular flexibility index (Phi) is 2.27. The molecule has 0 saturated carbocycles. The number of hydrogen-bond acceptors (Lipinski definition) is 2. The van der Waals surface area contributed by atoms with Crippen molar-refractivity contribution in [1.29, 1.82) is 5.41 Å². The van der Waals surface area contributed by atoms with Gasteiger partial charge in [0, 0.05) is 18.7 Å². The predicted octanol–water partition coefficient (Wildman–Crippen LogP) is 1.07. The number of aromatic nitrogens is 2. The highest BCUT2D eigenvalue weighted by atomic mass is 15.1. The molecular formula is C10H16N4. The molecule has 1 aromatic heterocycles. The van der Waals surface area contributed by atoms with Gasteiger partial charge in [-0.2, -0.15) is 0 Å². The van der Waals surface area contributed by atoms with Crippen LogP contribution in [0.3, 0.4) is 0 Å². The second kappa shape index (κ2) is 3.44. The Hall–Kier alpha value is -1.32. The number of nitrogens with zero attached hydrogens (tertiary/aromatic N) is 2. The van der Waals surface area contributed by atoms with Crippen LogP contribution in [0.1, 0.15) is 37.0 Å². The molecule has 0 radical (unpaired) electrons. The van der Waals surface area contributed by atoms with Gasteiger partial charge in [0.2, 0.25) is 0 Å². The highest BCUT2D eigenvalue weighted by molar-refractivity contribution is 5.94. The average molecular weight is 192 g/mol. The molecule has 14 heavy (non-hydrogen) atoms. The Labute approximate surface area is 83.6 Å². The molecule has 0 unspecified atom stereocenters. The maximum Gasteiger partial charge on any atom is 0.143 e. The number of aryl methyl sites for hydroxylation is 1. The number of hydrogen-bond donors (Lipinski definition) is 2. The first-order valence-corrected chi connectivity index (χ1v) is 5.16. The Balaban J connectivity index is 2.52. The van der Waals surface area contributed by atoms with Crippen LogP contribution in [0.15, 0.2) is 0 Å². The molecule has 76 valence electrons. The van der Waals surface area contributed by atoms with E-state index in [1.807, 2.05) is 0 Å². The monoisotopic (exact) mass is 192 g/mol. The summed E-state index contributed by atoms with van der Waals surface area (Å²) in [5.74, 6) is 1.18. The molecule has 0 atom stereocenters. The Bertz CT molecular complexity index is 364. The summed E-state index contributed by atoms with van der Waals surface area (Å²) in [5.41, 5.74) is 7.39. The third-order valence-corrected chi connectivity index (χ3v) is 2.77. The Morgan fingerprint density at radius 3 is 3.00 bits per heavy atom. The van der Waals surface area contributed by atoms with Crippen molar-refractivity contribution < 1.29 is 0 Å². The summed E-state index contributed by atoms with van der Waals surface area (Å²) >= 11 is 0. The summed E-state index contributed by atoms with van der Waals surface area (Å²) in [4.78, 5) is 4.42. The zero-order valence-corrected chi connectivity index (χ0v) is 8.51. The average Bonchev–Trinajstić information content (AvgIpc) is 2.56. The number of nitrogens with two attached hydrogens (primary N) is 1. The van der Waals surface area contributed by atoms with Crippen molar-refractivity contribution in [3.05, 3.63) is 17.2 Å². The summed E-state index contributed by atoms with van der Waals surface area (Å²) in [6.07, 6.45) is 4.34. The van der Waals surface area contributed by atoms with Gasteiger partial charge < -0.3 is 10.3 Å². The zero-order valence-electron chi connectivity index (χ0n) is 8.51. The predicted molar refractivity (Wildman–Crippen MR) is 55.6 cm³/mol. The van der Waals surface area contributed by atoms with Crippen LogP contribution in [-0.2, 0) is 19.4 Å². The second-order valence-electron chi connectivity index (χ2n) is 3.70. The van der Waals surface area contributed by atoms with Crippen LogP contribution in [0.4, 0.5) is 0 Å². The standard InChI is InChI=1S/C10H16N4/c1-2-8-13-9(10(11)12)7-5-3-4-6-14(7)8/h2-6H2,1H3,(H3,11,12). The molecule has 2 heterocycles. The van der Waals surface area contributed by atoms with E-state index in [2.05, 4.69) is 16.5 Å². The first kappa shape index (κ1) is 9.24. The topological polar surface area (TPSA) is 67.7 Å². The lowest BCUT2D eigenvalue weighted by Gasteiger charge is -2.16. The summed E-state index contributed by atoms with van der Waals surface area (Å²) < 4.78 is 2.24. The van der Waals surface area contributed by atoms with Gasteiger partial charge in [0.1, 0.15) is 17.4 Å². The molecule has 0 saturated heterocycles. The molecule has 0 aliphatic carbocycles. The molecule has 2 rings (SSSR count). The van der Waals surface area contributed by atoms with Gasteiger partial charge in [-0.25, -0.2) is 4.98 Å². The fourth-order valence-corrected chi connectivity index (χ4v) is 2.10. The lowest BCUT2D eigenvalue weighted by molar-refractivity contribution is 0.516. The van der Waals surface area contributed by atoms with Crippen molar-refractivity contribution in [2.24, 2.45) is 5.73 Å². The van der Waals surface area contributed by atoms with Crippen LogP contribution in [0.5, 0.6) is 0 Å². The maximum absolute atomic E-state index is 7.47. The molecule has 1 aliphatic heterocycles. The van der Waals surface area contributed by atoms with Gasteiger partial charge >= 0.3 is 0 Å². The molecule has 0 amide bonds. The SMILES string of the molecule is CCc1nc(C(=N)N)c2n1CCCC2. The molecule has 1 aliphatic rings. The summed E-state index contributed by atoms with van der Waals surface area (Å²) in [6.45, 7) is 3.13. The van der Waals surface area contributed by atoms with Gasteiger partial charge in [0.25, 0.3) is 0 Å². The van der Waals surface area contributed by atoms with Crippen LogP contribution < -0.4 is 5.73 Å². The highest BCUT2D eigenvalue weighted by Gasteiger charge is 2.19. The van der Waals surface area contributed by atoms with Gasteiger partial charge in [0.15, 0.2) is 0 Å². The molecule has 4 heteroatoms. The minimum Gasteiger partial charge on any atom is -0.382 e. The van der Waals surface area contributed by atoms with E-state index in [4.69, 9.17) is 11.1 Å². The Morgan fingerprint density at radius 2 is 2.36 bits per heavy atom. The molecule has 0 bridgehead atoms. The van der Waals surface area contributed by atoms with E-state index in [-0.39, 0.29) is 5.84 Å². The second-order valence-corrected chi connectivity index (χ2v) is 3.70. The van der Waals surface area contributed by atoms with Gasteiger partial charge in [-0.15, -0.1) is 0 Å². The highest BCUT2D eigenvalue weighted by Crippen LogP contribution is 2.20. The number of imidazole rings is 1. The maximum atomic E-state index is 7.47. The molecular weight excluding hydrogens is 176 g/mol. The molecule has 0 aromatic carbocycles. The Morgan fingerprint density at radius 1 is 1.57 bits per heavy atom. The lowest BCUT2D eigenvalue weighted by atomic mass is 10.1. The third kappa shape index (κ3) is 1.31. The molecule has 4 nitrogen and oxygen atoms in total. The molecule has 3 N–H and O–H groups in total. The molecule has 0 spiro atoms. The van der Waals surface area contributed by atoms with Crippen LogP contribution in [-0.4, -0.2) is 15.4 Å². The fourth-order valence-electron chi connectivity index (χ4n) is 2.10. The normalized spacial score (nSPS) is 15.2. The number of rotatable bonds is 2. The molecule has 0 fully saturated rings. The van der Waals surface area contributed by atoms with E-state index in [0.29, 0.717) is 5.69 Å². The van der Waals surface area contributed by atoms with Crippen molar-refractivity contribution in [2.75, 3.05) is 0 Å². The van der Waals surface area contributed by atoms with Crippen LogP contribution in [0, 0.1) is 5.41 Å². The van der Waals surface area contributed by atoms with Crippen molar-refractivity contribution in [3.63, 3.8) is 0 Å². The number of nitrogen functional groups attached to an aromatic ring is 1. The van der Waals surface area contributed by atoms with Crippen LogP contribution in [0.2, 0.25) is 0 Å². The summed E-state index contributed by atoms with van der Waals surface area (Å²) in [6, 6.07) is 0. The quantitative estimate of drug-likeness (QED) is 0.543. The first-order chi connectivity index (χ1) is 6.74. The van der Waals surface area contributed by atoms with Crippen LogP contribution in [0.25, 0.3) is 0 Å². The van der Waals surface area contributed by atoms with Gasteiger partial charge in [-0.05, 0) is 19.3 Å². The number of nitrogens with one attached hydrogen (secondary N) is 1. The number of amidine groups is 1. The minimum absolute atomic E-state index is 0.107. The summed E-state index contributed by atoms with van der Waals surface area (Å²) in [5, 5.41) is 7.47. The van der Waals surface area contributed by atoms with E-state index in [9.17, 15) is 0 Å². The number of fused-ring (bicyclic) bond motifs is 1. The van der Waals surface area contributed by atoms with E-state index in [0.717, 1.165) is 25.2 Å². The first-order valence-electron chi connectivity index (χ1n) is 5.16. The minimum atomic E-state index is 0.107. The van der Waals surface area contributed by atoms with Crippen molar-refractivity contribution in [2.45, 2.75) is 39.2 Å². The van der Waals surface area contributed by atoms with Crippen molar-refractivity contribution >= 4 is 5.84 Å². The van der Waals surface area contributed by atoms with Gasteiger partial charge in [0.05, 0.1) is 0 Å². The largest absolute Gasteiger partial charge is 0.382 e. The smallest absolute Gasteiger partial charge is 0.143 e. The summed E-state index contributed by atoms with van der Waals surface area (Å²) in [7, 11) is 0. The van der Waals surface area contributed by atoms with E-state index in [1.54, 1.807) is 0 Å². The van der Waals surface area contributed by atoms with E-state index < -0.39 is 0 Å². The van der Waals surface area contributed by atoms with Crippen molar-refractivity contribution in [1.82, 2.24) is 9.55 Å².